The van der Waals surface area contributed by atoms with Crippen LogP contribution >= 0.6 is 0 Å². The lowest BCUT2D eigenvalue weighted by Gasteiger charge is -2.08. The highest BCUT2D eigenvalue weighted by Gasteiger charge is 2.09. The van der Waals surface area contributed by atoms with Gasteiger partial charge in [-0.05, 0) is 67.1 Å². The van der Waals surface area contributed by atoms with Crippen molar-refractivity contribution < 1.29 is 24.1 Å². The molecular weight excluding hydrogens is 540 g/mol. The molecule has 0 saturated heterocycles. The van der Waals surface area contributed by atoms with Crippen molar-refractivity contribution >= 4 is 17.3 Å². The van der Waals surface area contributed by atoms with Gasteiger partial charge in [-0.1, -0.05) is 90.4 Å². The fourth-order valence-electron chi connectivity index (χ4n) is 4.75. The van der Waals surface area contributed by atoms with Crippen LogP contribution < -0.4 is 14.2 Å². The topological polar surface area (TPSA) is 89.7 Å². The van der Waals surface area contributed by atoms with Gasteiger partial charge in [0, 0.05) is 6.07 Å². The van der Waals surface area contributed by atoms with Crippen molar-refractivity contribution in [1.82, 2.24) is 0 Å². The number of carbonyl (C=O) groups is 1. The molecule has 232 valence electrons. The first kappa shape index (κ1) is 33.6. The summed E-state index contributed by atoms with van der Waals surface area (Å²) in [5, 5.41) is 18.2. The van der Waals surface area contributed by atoms with Crippen molar-refractivity contribution in [1.29, 1.82) is 0 Å². The van der Waals surface area contributed by atoms with Gasteiger partial charge >= 0.3 is 5.97 Å². The zero-order chi connectivity index (χ0) is 30.5. The van der Waals surface area contributed by atoms with Crippen molar-refractivity contribution in [3.05, 3.63) is 72.3 Å². The Morgan fingerprint density at radius 1 is 0.651 bits per heavy atom. The quantitative estimate of drug-likeness (QED) is 0.0578. The molecule has 0 radical (unpaired) electrons. The van der Waals surface area contributed by atoms with Crippen LogP contribution in [0.5, 0.6) is 23.0 Å². The maximum absolute atomic E-state index is 12.6. The number of aromatic hydroxyl groups is 1. The van der Waals surface area contributed by atoms with E-state index in [1.807, 2.05) is 0 Å². The Morgan fingerprint density at radius 3 is 1.74 bits per heavy atom. The van der Waals surface area contributed by atoms with Gasteiger partial charge in [-0.3, -0.25) is 0 Å². The van der Waals surface area contributed by atoms with Crippen molar-refractivity contribution in [2.75, 3.05) is 13.7 Å². The van der Waals surface area contributed by atoms with Gasteiger partial charge in [0.15, 0.2) is 0 Å². The predicted octanol–water partition coefficient (Wildman–Crippen LogP) is 10.9. The molecule has 0 aromatic heterocycles. The Morgan fingerprint density at radius 2 is 1.19 bits per heavy atom. The Kier molecular flexibility index (Phi) is 15.7. The number of ether oxygens (including phenoxy) is 3. The Bertz CT molecular complexity index is 1230. The summed E-state index contributed by atoms with van der Waals surface area (Å²) >= 11 is 0. The van der Waals surface area contributed by atoms with Gasteiger partial charge in [0.05, 0.1) is 25.0 Å². The number of methoxy groups -OCH3 is 1. The summed E-state index contributed by atoms with van der Waals surface area (Å²) in [6.07, 6.45) is 18.7. The lowest BCUT2D eigenvalue weighted by molar-refractivity contribution is 0.0734. The molecule has 0 heterocycles. The van der Waals surface area contributed by atoms with Crippen LogP contribution in [0.1, 0.15) is 107 Å². The fraction of sp³-hybridized carbons (Fsp3) is 0.472. The highest BCUT2D eigenvalue weighted by atomic mass is 16.5. The third kappa shape index (κ3) is 13.3. The number of carbonyl (C=O) groups excluding carboxylic acids is 1. The molecule has 43 heavy (non-hydrogen) atoms. The third-order valence-corrected chi connectivity index (χ3v) is 7.36. The second-order valence-corrected chi connectivity index (χ2v) is 10.9. The van der Waals surface area contributed by atoms with Crippen LogP contribution in [-0.2, 0) is 0 Å². The van der Waals surface area contributed by atoms with E-state index in [0.29, 0.717) is 35.0 Å². The summed E-state index contributed by atoms with van der Waals surface area (Å²) in [6, 6.07) is 18.5. The van der Waals surface area contributed by atoms with E-state index in [1.54, 1.807) is 60.7 Å². The summed E-state index contributed by atoms with van der Waals surface area (Å²) in [5.74, 6) is 1.21. The van der Waals surface area contributed by atoms with Crippen molar-refractivity contribution in [2.45, 2.75) is 96.8 Å². The average Bonchev–Trinajstić information content (AvgIpc) is 3.03. The maximum atomic E-state index is 12.6. The lowest BCUT2D eigenvalue weighted by atomic mass is 10.0. The molecule has 3 rings (SSSR count). The van der Waals surface area contributed by atoms with Crippen molar-refractivity contribution in [3.63, 3.8) is 0 Å². The van der Waals surface area contributed by atoms with Gasteiger partial charge in [-0.25, -0.2) is 4.79 Å². The first-order chi connectivity index (χ1) is 21.1. The summed E-state index contributed by atoms with van der Waals surface area (Å²) in [4.78, 5) is 12.6. The van der Waals surface area contributed by atoms with E-state index in [9.17, 15) is 9.90 Å². The van der Waals surface area contributed by atoms with Gasteiger partial charge in [0.2, 0.25) is 0 Å². The normalized spacial score (nSPS) is 11.1. The molecule has 0 saturated carbocycles. The molecule has 0 aliphatic heterocycles. The number of benzene rings is 3. The van der Waals surface area contributed by atoms with E-state index < -0.39 is 5.97 Å². The number of phenolic OH excluding ortho intramolecular Hbond substituents is 1. The number of esters is 1. The first-order valence-corrected chi connectivity index (χ1v) is 15.9. The van der Waals surface area contributed by atoms with E-state index in [0.717, 1.165) is 12.2 Å². The van der Waals surface area contributed by atoms with Gasteiger partial charge < -0.3 is 19.3 Å². The number of hydrogen-bond donors (Lipinski definition) is 1. The van der Waals surface area contributed by atoms with Gasteiger partial charge in [0.1, 0.15) is 28.7 Å². The van der Waals surface area contributed by atoms with E-state index in [-0.39, 0.29) is 5.75 Å². The summed E-state index contributed by atoms with van der Waals surface area (Å²) in [7, 11) is 1.52. The molecule has 3 aromatic rings. The minimum Gasteiger partial charge on any atom is -0.505 e. The fourth-order valence-corrected chi connectivity index (χ4v) is 4.75. The number of rotatable bonds is 21. The Hall–Kier alpha value is -3.87. The number of hydrogen-bond acceptors (Lipinski definition) is 7. The summed E-state index contributed by atoms with van der Waals surface area (Å²) in [6.45, 7) is 2.96. The molecule has 0 unspecified atom stereocenters. The first-order valence-electron chi connectivity index (χ1n) is 15.9. The summed E-state index contributed by atoms with van der Waals surface area (Å²) < 4.78 is 16.4. The van der Waals surface area contributed by atoms with Gasteiger partial charge in [-0.2, -0.15) is 5.11 Å². The molecule has 0 amide bonds. The molecule has 0 spiro atoms. The smallest absolute Gasteiger partial charge is 0.343 e. The standard InChI is InChI=1S/C36H48N2O5/c1-3-4-5-6-7-8-9-10-11-12-13-14-15-16-27-42-31-21-17-29(18-22-31)36(40)43-32-23-19-30(20-24-32)37-38-34-26-25-33(41-2)28-35(34)39/h17-26,28,39H,3-16,27H2,1-2H3. The van der Waals surface area contributed by atoms with E-state index in [4.69, 9.17) is 14.2 Å². The van der Waals surface area contributed by atoms with Crippen molar-refractivity contribution in [2.24, 2.45) is 10.2 Å². The van der Waals surface area contributed by atoms with Crippen LogP contribution in [0.15, 0.2) is 77.0 Å². The van der Waals surface area contributed by atoms with Crippen LogP contribution in [0.4, 0.5) is 11.4 Å². The van der Waals surface area contributed by atoms with Gasteiger partial charge in [0.25, 0.3) is 0 Å². The SMILES string of the molecule is CCCCCCCCCCCCCCCCOc1ccc(C(=O)Oc2ccc(N=Nc3ccc(OC)cc3O)cc2)cc1. The van der Waals surface area contributed by atoms with E-state index in [2.05, 4.69) is 17.2 Å². The second-order valence-electron chi connectivity index (χ2n) is 10.9. The molecule has 3 aromatic carbocycles. The maximum Gasteiger partial charge on any atom is 0.343 e. The Balaban J connectivity index is 1.26. The van der Waals surface area contributed by atoms with Crippen LogP contribution in [0.25, 0.3) is 0 Å². The molecule has 0 fully saturated rings. The average molecular weight is 589 g/mol. The molecular formula is C36H48N2O5. The molecule has 7 heteroatoms. The van der Waals surface area contributed by atoms with Crippen LogP contribution in [0.3, 0.4) is 0 Å². The highest BCUT2D eigenvalue weighted by Crippen LogP contribution is 2.32. The number of azo groups is 1. The molecule has 0 bridgehead atoms. The van der Waals surface area contributed by atoms with Crippen LogP contribution in [-0.4, -0.2) is 24.8 Å². The second kappa shape index (κ2) is 20.1. The van der Waals surface area contributed by atoms with Gasteiger partial charge in [-0.15, -0.1) is 5.11 Å². The minimum atomic E-state index is -0.448. The largest absolute Gasteiger partial charge is 0.505 e. The van der Waals surface area contributed by atoms with Crippen molar-refractivity contribution in [3.8, 4) is 23.0 Å². The minimum absolute atomic E-state index is 0.0279. The third-order valence-electron chi connectivity index (χ3n) is 7.36. The number of unbranched alkanes of at least 4 members (excludes halogenated alkanes) is 13. The number of phenols is 1. The van der Waals surface area contributed by atoms with E-state index >= 15 is 0 Å². The zero-order valence-electron chi connectivity index (χ0n) is 25.9. The summed E-state index contributed by atoms with van der Waals surface area (Å²) in [5.41, 5.74) is 1.32. The highest BCUT2D eigenvalue weighted by molar-refractivity contribution is 5.91. The molecule has 1 N–H and O–H groups in total. The lowest BCUT2D eigenvalue weighted by Crippen LogP contribution is -2.08. The van der Waals surface area contributed by atoms with E-state index in [1.165, 1.54) is 96.6 Å². The zero-order valence-corrected chi connectivity index (χ0v) is 25.9. The van der Waals surface area contributed by atoms with Crippen LogP contribution in [0.2, 0.25) is 0 Å². The van der Waals surface area contributed by atoms with Crippen LogP contribution in [0, 0.1) is 0 Å². The monoisotopic (exact) mass is 588 g/mol. The molecule has 7 nitrogen and oxygen atoms in total. The molecule has 0 aliphatic rings. The Labute approximate surface area is 257 Å². The molecule has 0 aliphatic carbocycles. The molecule has 0 atom stereocenters. The number of nitrogens with zero attached hydrogens (tertiary/aromatic N) is 2. The predicted molar refractivity (Wildman–Crippen MR) is 172 cm³/mol.